The normalized spacial score (nSPS) is 21.4. The van der Waals surface area contributed by atoms with Crippen LogP contribution in [0.3, 0.4) is 0 Å². The topological polar surface area (TPSA) is 54.5 Å². The summed E-state index contributed by atoms with van der Waals surface area (Å²) in [6.07, 6.45) is 3.63. The van der Waals surface area contributed by atoms with Crippen LogP contribution in [0.25, 0.3) is 0 Å². The Morgan fingerprint density at radius 3 is 3.05 bits per heavy atom. The molecule has 1 aliphatic heterocycles. The zero-order valence-corrected chi connectivity index (χ0v) is 12.9. The molecule has 1 saturated heterocycles. The highest BCUT2D eigenvalue weighted by Crippen LogP contribution is 2.16. The first-order chi connectivity index (χ1) is 10.2. The van der Waals surface area contributed by atoms with Crippen molar-refractivity contribution in [2.75, 3.05) is 33.4 Å². The van der Waals surface area contributed by atoms with Crippen LogP contribution in [-0.2, 0) is 16.0 Å². The molecule has 1 aromatic heterocycles. The number of hydrogen-bond donors (Lipinski definition) is 1. The number of pyridine rings is 1. The predicted molar refractivity (Wildman–Crippen MR) is 82.0 cm³/mol. The summed E-state index contributed by atoms with van der Waals surface area (Å²) in [6.45, 7) is 4.89. The van der Waals surface area contributed by atoms with E-state index in [9.17, 15) is 4.79 Å². The average Bonchev–Trinajstić information content (AvgIpc) is 2.99. The van der Waals surface area contributed by atoms with Gasteiger partial charge < -0.3 is 15.0 Å². The molecule has 0 aliphatic carbocycles. The first kappa shape index (κ1) is 15.9. The van der Waals surface area contributed by atoms with Crippen molar-refractivity contribution in [3.63, 3.8) is 0 Å². The molecule has 0 aromatic carbocycles. The van der Waals surface area contributed by atoms with Crippen molar-refractivity contribution in [2.24, 2.45) is 5.92 Å². The van der Waals surface area contributed by atoms with Crippen molar-refractivity contribution in [1.29, 1.82) is 0 Å². The van der Waals surface area contributed by atoms with Crippen LogP contribution < -0.4 is 5.32 Å². The minimum atomic E-state index is -0.0646. The molecule has 0 saturated carbocycles. The third-order valence-corrected chi connectivity index (χ3v) is 3.86. The van der Waals surface area contributed by atoms with E-state index in [0.29, 0.717) is 19.8 Å². The van der Waals surface area contributed by atoms with Crippen LogP contribution in [0.1, 0.15) is 19.0 Å². The molecule has 116 valence electrons. The number of ether oxygens (including phenoxy) is 1. The van der Waals surface area contributed by atoms with Gasteiger partial charge in [-0.15, -0.1) is 0 Å². The van der Waals surface area contributed by atoms with Crippen LogP contribution >= 0.6 is 0 Å². The van der Waals surface area contributed by atoms with Crippen LogP contribution in [0.4, 0.5) is 0 Å². The Morgan fingerprint density at radius 1 is 1.48 bits per heavy atom. The number of likely N-dealkylation sites (N-methyl/N-ethyl adjacent to an activating group) is 1. The summed E-state index contributed by atoms with van der Waals surface area (Å²) in [5.41, 5.74) is 1.01. The Hall–Kier alpha value is -1.46. The number of amides is 1. The van der Waals surface area contributed by atoms with Crippen molar-refractivity contribution >= 4 is 5.91 Å². The SMILES string of the molecule is CCCNC1COCC1C(=O)N(C)CCc1ccccn1. The first-order valence-electron chi connectivity index (χ1n) is 7.68. The predicted octanol–water partition coefficient (Wildman–Crippen LogP) is 1.10. The van der Waals surface area contributed by atoms with Gasteiger partial charge in [-0.2, -0.15) is 0 Å². The highest BCUT2D eigenvalue weighted by atomic mass is 16.5. The molecule has 5 heteroatoms. The minimum absolute atomic E-state index is 0.0646. The number of hydrogen-bond acceptors (Lipinski definition) is 4. The molecule has 1 N–H and O–H groups in total. The molecule has 5 nitrogen and oxygen atoms in total. The first-order valence-corrected chi connectivity index (χ1v) is 7.68. The summed E-state index contributed by atoms with van der Waals surface area (Å²) in [4.78, 5) is 18.6. The number of nitrogens with zero attached hydrogens (tertiary/aromatic N) is 2. The fraction of sp³-hybridized carbons (Fsp3) is 0.625. The van der Waals surface area contributed by atoms with Gasteiger partial charge in [0.1, 0.15) is 0 Å². The minimum Gasteiger partial charge on any atom is -0.379 e. The molecule has 1 aliphatic rings. The fourth-order valence-corrected chi connectivity index (χ4v) is 2.55. The van der Waals surface area contributed by atoms with Gasteiger partial charge in [0, 0.05) is 37.9 Å². The van der Waals surface area contributed by atoms with E-state index in [1.54, 1.807) is 11.1 Å². The maximum atomic E-state index is 12.5. The zero-order chi connectivity index (χ0) is 15.1. The van der Waals surface area contributed by atoms with E-state index in [4.69, 9.17) is 4.74 Å². The molecule has 2 heterocycles. The smallest absolute Gasteiger partial charge is 0.229 e. The van der Waals surface area contributed by atoms with Gasteiger partial charge in [-0.1, -0.05) is 13.0 Å². The number of carbonyl (C=O) groups excluding carboxylic acids is 1. The van der Waals surface area contributed by atoms with Crippen LogP contribution in [0.15, 0.2) is 24.4 Å². The summed E-state index contributed by atoms with van der Waals surface area (Å²) in [5, 5.41) is 3.41. The Morgan fingerprint density at radius 2 is 2.33 bits per heavy atom. The molecule has 1 amide bonds. The summed E-state index contributed by atoms with van der Waals surface area (Å²) in [6, 6.07) is 6.01. The van der Waals surface area contributed by atoms with Gasteiger partial charge in [0.05, 0.1) is 19.1 Å². The van der Waals surface area contributed by atoms with Crippen LogP contribution in [-0.4, -0.2) is 55.2 Å². The van der Waals surface area contributed by atoms with E-state index in [1.165, 1.54) is 0 Å². The van der Waals surface area contributed by atoms with E-state index < -0.39 is 0 Å². The van der Waals surface area contributed by atoms with Crippen LogP contribution in [0.5, 0.6) is 0 Å². The summed E-state index contributed by atoms with van der Waals surface area (Å²) >= 11 is 0. The summed E-state index contributed by atoms with van der Waals surface area (Å²) in [7, 11) is 1.86. The highest BCUT2D eigenvalue weighted by Gasteiger charge is 2.35. The summed E-state index contributed by atoms with van der Waals surface area (Å²) in [5.74, 6) is 0.0994. The second-order valence-electron chi connectivity index (χ2n) is 5.54. The fourth-order valence-electron chi connectivity index (χ4n) is 2.55. The Kier molecular flexibility index (Phi) is 6.14. The molecule has 2 rings (SSSR count). The Labute approximate surface area is 126 Å². The van der Waals surface area contributed by atoms with E-state index >= 15 is 0 Å². The largest absolute Gasteiger partial charge is 0.379 e. The third-order valence-electron chi connectivity index (χ3n) is 3.86. The van der Waals surface area contributed by atoms with Crippen LogP contribution in [0, 0.1) is 5.92 Å². The molecule has 21 heavy (non-hydrogen) atoms. The molecule has 0 bridgehead atoms. The lowest BCUT2D eigenvalue weighted by Gasteiger charge is -2.24. The van der Waals surface area contributed by atoms with E-state index in [0.717, 1.165) is 25.1 Å². The second-order valence-corrected chi connectivity index (χ2v) is 5.54. The lowest BCUT2D eigenvalue weighted by Crippen LogP contribution is -2.45. The molecular formula is C16H25N3O2. The van der Waals surface area contributed by atoms with Gasteiger partial charge in [0.15, 0.2) is 0 Å². The van der Waals surface area contributed by atoms with Gasteiger partial charge in [-0.25, -0.2) is 0 Å². The maximum absolute atomic E-state index is 12.5. The summed E-state index contributed by atoms with van der Waals surface area (Å²) < 4.78 is 5.48. The number of rotatable bonds is 7. The number of nitrogens with one attached hydrogen (secondary N) is 1. The zero-order valence-electron chi connectivity index (χ0n) is 12.9. The van der Waals surface area contributed by atoms with Crippen molar-refractivity contribution in [1.82, 2.24) is 15.2 Å². The molecule has 2 atom stereocenters. The van der Waals surface area contributed by atoms with Gasteiger partial charge in [0.2, 0.25) is 5.91 Å². The second kappa shape index (κ2) is 8.10. The van der Waals surface area contributed by atoms with E-state index in [-0.39, 0.29) is 17.9 Å². The molecule has 1 aromatic rings. The lowest BCUT2D eigenvalue weighted by atomic mass is 10.0. The van der Waals surface area contributed by atoms with Crippen molar-refractivity contribution in [2.45, 2.75) is 25.8 Å². The maximum Gasteiger partial charge on any atom is 0.229 e. The van der Waals surface area contributed by atoms with Gasteiger partial charge in [0.25, 0.3) is 0 Å². The standard InChI is InChI=1S/C16H25N3O2/c1-3-8-18-15-12-21-11-14(15)16(20)19(2)10-7-13-6-4-5-9-17-13/h4-6,9,14-15,18H,3,7-8,10-12H2,1-2H3. The van der Waals surface area contributed by atoms with Crippen molar-refractivity contribution in [3.8, 4) is 0 Å². The van der Waals surface area contributed by atoms with E-state index in [1.807, 2.05) is 25.2 Å². The molecule has 2 unspecified atom stereocenters. The van der Waals surface area contributed by atoms with Crippen molar-refractivity contribution in [3.05, 3.63) is 30.1 Å². The van der Waals surface area contributed by atoms with Crippen LogP contribution in [0.2, 0.25) is 0 Å². The lowest BCUT2D eigenvalue weighted by molar-refractivity contribution is -0.134. The number of carbonyl (C=O) groups is 1. The monoisotopic (exact) mass is 291 g/mol. The molecule has 0 radical (unpaired) electrons. The van der Waals surface area contributed by atoms with Gasteiger partial charge in [-0.05, 0) is 25.1 Å². The third kappa shape index (κ3) is 4.51. The molecular weight excluding hydrogens is 266 g/mol. The average molecular weight is 291 g/mol. The van der Waals surface area contributed by atoms with Crippen molar-refractivity contribution < 1.29 is 9.53 Å². The Balaban J connectivity index is 1.83. The highest BCUT2D eigenvalue weighted by molar-refractivity contribution is 5.79. The van der Waals surface area contributed by atoms with Gasteiger partial charge >= 0.3 is 0 Å². The Bertz CT molecular complexity index is 438. The molecule has 0 spiro atoms. The number of aromatic nitrogens is 1. The molecule has 1 fully saturated rings. The van der Waals surface area contributed by atoms with E-state index in [2.05, 4.69) is 17.2 Å². The van der Waals surface area contributed by atoms with Gasteiger partial charge in [-0.3, -0.25) is 9.78 Å². The quantitative estimate of drug-likeness (QED) is 0.817.